The van der Waals surface area contributed by atoms with Gasteiger partial charge in [-0.3, -0.25) is 4.79 Å². The summed E-state index contributed by atoms with van der Waals surface area (Å²) in [6, 6.07) is 6.46. The van der Waals surface area contributed by atoms with Crippen molar-refractivity contribution in [2.24, 2.45) is 0 Å². The van der Waals surface area contributed by atoms with Crippen molar-refractivity contribution >= 4 is 22.0 Å². The topological polar surface area (TPSA) is 75.7 Å². The molecule has 0 aromatic heterocycles. The minimum Gasteiger partial charge on any atom is -0.383 e. The molecule has 0 saturated heterocycles. The zero-order chi connectivity index (χ0) is 17.3. The van der Waals surface area contributed by atoms with Gasteiger partial charge in [0.2, 0.25) is 15.9 Å². The highest BCUT2D eigenvalue weighted by molar-refractivity contribution is 7.89. The van der Waals surface area contributed by atoms with E-state index in [1.165, 1.54) is 10.4 Å². The zero-order valence-corrected chi connectivity index (χ0v) is 14.6. The number of hydrogen-bond acceptors (Lipinski definition) is 4. The van der Waals surface area contributed by atoms with Gasteiger partial charge in [-0.15, -0.1) is 0 Å². The van der Waals surface area contributed by atoms with E-state index in [4.69, 9.17) is 4.74 Å². The maximum Gasteiger partial charge on any atom is 0.244 e. The number of carbonyl (C=O) groups is 1. The predicted molar refractivity (Wildman–Crippen MR) is 90.5 cm³/mol. The molecule has 0 bridgehead atoms. The van der Waals surface area contributed by atoms with Gasteiger partial charge in [-0.1, -0.05) is 26.0 Å². The van der Waals surface area contributed by atoms with Crippen molar-refractivity contribution in [1.29, 1.82) is 0 Å². The highest BCUT2D eigenvalue weighted by Gasteiger charge is 2.20. The van der Waals surface area contributed by atoms with Crippen molar-refractivity contribution in [2.75, 3.05) is 33.4 Å². The van der Waals surface area contributed by atoms with Crippen LogP contribution in [0.2, 0.25) is 0 Å². The van der Waals surface area contributed by atoms with Crippen LogP contribution < -0.4 is 5.32 Å². The molecule has 0 atom stereocenters. The second kappa shape index (κ2) is 9.44. The van der Waals surface area contributed by atoms with Gasteiger partial charge >= 0.3 is 0 Å². The molecule has 0 aliphatic rings. The van der Waals surface area contributed by atoms with Gasteiger partial charge in [-0.2, -0.15) is 4.31 Å². The van der Waals surface area contributed by atoms with Crippen LogP contribution >= 0.6 is 0 Å². The standard InChI is InChI=1S/C16H24N2O4S/c1-4-18(5-2)23(20,21)15-9-6-14(7-10-15)8-11-16(19)17-12-13-22-3/h6-11H,4-5,12-13H2,1-3H3,(H,17,19)/b11-8+. The summed E-state index contributed by atoms with van der Waals surface area (Å²) >= 11 is 0. The molecule has 0 unspecified atom stereocenters. The number of ether oxygens (including phenoxy) is 1. The van der Waals surface area contributed by atoms with Crippen molar-refractivity contribution in [3.63, 3.8) is 0 Å². The maximum absolute atomic E-state index is 12.4. The Kier molecular flexibility index (Phi) is 7.94. The van der Waals surface area contributed by atoms with Crippen LogP contribution in [0.4, 0.5) is 0 Å². The number of carbonyl (C=O) groups excluding carboxylic acids is 1. The number of nitrogens with zero attached hydrogens (tertiary/aromatic N) is 1. The zero-order valence-electron chi connectivity index (χ0n) is 13.8. The molecule has 1 rings (SSSR count). The fraction of sp³-hybridized carbons (Fsp3) is 0.438. The van der Waals surface area contributed by atoms with E-state index in [0.29, 0.717) is 26.2 Å². The highest BCUT2D eigenvalue weighted by Crippen LogP contribution is 2.16. The Labute approximate surface area is 138 Å². The second-order valence-corrected chi connectivity index (χ2v) is 6.71. The van der Waals surface area contributed by atoms with E-state index in [0.717, 1.165) is 5.56 Å². The Morgan fingerprint density at radius 2 is 1.83 bits per heavy atom. The van der Waals surface area contributed by atoms with Gasteiger partial charge in [0.05, 0.1) is 11.5 Å². The molecular formula is C16H24N2O4S. The molecule has 6 nitrogen and oxygen atoms in total. The highest BCUT2D eigenvalue weighted by atomic mass is 32.2. The van der Waals surface area contributed by atoms with Crippen molar-refractivity contribution in [2.45, 2.75) is 18.7 Å². The van der Waals surface area contributed by atoms with E-state index in [-0.39, 0.29) is 10.8 Å². The van der Waals surface area contributed by atoms with Crippen LogP contribution in [-0.2, 0) is 19.6 Å². The lowest BCUT2D eigenvalue weighted by Gasteiger charge is -2.18. The van der Waals surface area contributed by atoms with Crippen LogP contribution in [0.5, 0.6) is 0 Å². The van der Waals surface area contributed by atoms with Gasteiger partial charge in [-0.05, 0) is 23.8 Å². The van der Waals surface area contributed by atoms with Crippen LogP contribution in [0.15, 0.2) is 35.2 Å². The molecule has 0 saturated carbocycles. The lowest BCUT2D eigenvalue weighted by molar-refractivity contribution is -0.116. The number of sulfonamides is 1. The number of benzene rings is 1. The Balaban J connectivity index is 2.75. The molecule has 1 aromatic rings. The van der Waals surface area contributed by atoms with Crippen LogP contribution in [-0.4, -0.2) is 52.0 Å². The predicted octanol–water partition coefficient (Wildman–Crippen LogP) is 1.49. The van der Waals surface area contributed by atoms with E-state index in [2.05, 4.69) is 5.32 Å². The first-order valence-corrected chi connectivity index (χ1v) is 8.94. The molecule has 0 aliphatic heterocycles. The van der Waals surface area contributed by atoms with E-state index in [1.54, 1.807) is 51.3 Å². The lowest BCUT2D eigenvalue weighted by Crippen LogP contribution is -2.30. The molecule has 0 radical (unpaired) electrons. The number of nitrogens with one attached hydrogen (secondary N) is 1. The molecule has 1 amide bonds. The van der Waals surface area contributed by atoms with Gasteiger partial charge in [0, 0.05) is 32.8 Å². The molecule has 0 aliphatic carbocycles. The van der Waals surface area contributed by atoms with E-state index in [9.17, 15) is 13.2 Å². The van der Waals surface area contributed by atoms with Crippen LogP contribution in [0.3, 0.4) is 0 Å². The number of rotatable bonds is 9. The Hall–Kier alpha value is -1.70. The molecule has 0 spiro atoms. The largest absolute Gasteiger partial charge is 0.383 e. The van der Waals surface area contributed by atoms with Crippen LogP contribution in [0.1, 0.15) is 19.4 Å². The first kappa shape index (κ1) is 19.3. The third kappa shape index (κ3) is 5.78. The van der Waals surface area contributed by atoms with Gasteiger partial charge < -0.3 is 10.1 Å². The van der Waals surface area contributed by atoms with Crippen LogP contribution in [0.25, 0.3) is 6.08 Å². The van der Waals surface area contributed by atoms with E-state index < -0.39 is 10.0 Å². The summed E-state index contributed by atoms with van der Waals surface area (Å²) in [7, 11) is -1.88. The Morgan fingerprint density at radius 1 is 1.22 bits per heavy atom. The molecule has 0 fully saturated rings. The van der Waals surface area contributed by atoms with Crippen LogP contribution in [0, 0.1) is 0 Å². The Bertz CT molecular complexity index is 620. The van der Waals surface area contributed by atoms with Gasteiger partial charge in [0.1, 0.15) is 0 Å². The van der Waals surface area contributed by atoms with Crippen molar-refractivity contribution < 1.29 is 17.9 Å². The van der Waals surface area contributed by atoms with Gasteiger partial charge in [0.15, 0.2) is 0 Å². The Morgan fingerprint density at radius 3 is 2.35 bits per heavy atom. The SMILES string of the molecule is CCN(CC)S(=O)(=O)c1ccc(/C=C/C(=O)NCCOC)cc1. The monoisotopic (exact) mass is 340 g/mol. The minimum atomic E-state index is -3.45. The smallest absolute Gasteiger partial charge is 0.244 e. The number of hydrogen-bond donors (Lipinski definition) is 1. The number of amides is 1. The first-order chi connectivity index (χ1) is 11.0. The van der Waals surface area contributed by atoms with E-state index >= 15 is 0 Å². The number of methoxy groups -OCH3 is 1. The summed E-state index contributed by atoms with van der Waals surface area (Å²) in [5, 5.41) is 2.67. The average molecular weight is 340 g/mol. The summed E-state index contributed by atoms with van der Waals surface area (Å²) in [4.78, 5) is 11.8. The first-order valence-electron chi connectivity index (χ1n) is 7.50. The molecule has 23 heavy (non-hydrogen) atoms. The van der Waals surface area contributed by atoms with Crippen molar-refractivity contribution in [3.8, 4) is 0 Å². The fourth-order valence-corrected chi connectivity index (χ4v) is 3.43. The molecule has 1 N–H and O–H groups in total. The fourth-order valence-electron chi connectivity index (χ4n) is 1.97. The van der Waals surface area contributed by atoms with Crippen molar-refractivity contribution in [3.05, 3.63) is 35.9 Å². The molecule has 1 aromatic carbocycles. The average Bonchev–Trinajstić information content (AvgIpc) is 2.54. The quantitative estimate of drug-likeness (QED) is 0.546. The summed E-state index contributed by atoms with van der Waals surface area (Å²) in [5.74, 6) is -0.220. The summed E-state index contributed by atoms with van der Waals surface area (Å²) in [6.45, 7) is 5.38. The molecule has 128 valence electrons. The van der Waals surface area contributed by atoms with Crippen molar-refractivity contribution in [1.82, 2.24) is 9.62 Å². The molecule has 0 heterocycles. The second-order valence-electron chi connectivity index (χ2n) is 4.78. The third-order valence-corrected chi connectivity index (χ3v) is 5.32. The van der Waals surface area contributed by atoms with Gasteiger partial charge in [0.25, 0.3) is 0 Å². The van der Waals surface area contributed by atoms with Gasteiger partial charge in [-0.25, -0.2) is 8.42 Å². The lowest BCUT2D eigenvalue weighted by atomic mass is 10.2. The molecular weight excluding hydrogens is 316 g/mol. The summed E-state index contributed by atoms with van der Waals surface area (Å²) in [5.41, 5.74) is 0.755. The van der Waals surface area contributed by atoms with E-state index in [1.807, 2.05) is 0 Å². The molecule has 7 heteroatoms. The third-order valence-electron chi connectivity index (χ3n) is 3.26. The summed E-state index contributed by atoms with van der Waals surface area (Å²) < 4.78 is 30.9. The maximum atomic E-state index is 12.4. The minimum absolute atomic E-state index is 0.220. The summed E-state index contributed by atoms with van der Waals surface area (Å²) in [6.07, 6.45) is 3.04. The normalized spacial score (nSPS) is 12.0.